The van der Waals surface area contributed by atoms with Crippen molar-refractivity contribution in [2.45, 2.75) is 131 Å². The van der Waals surface area contributed by atoms with E-state index in [0.29, 0.717) is 23.2 Å². The summed E-state index contributed by atoms with van der Waals surface area (Å²) < 4.78 is 12.5. The van der Waals surface area contributed by atoms with E-state index in [1.807, 2.05) is 13.8 Å². The summed E-state index contributed by atoms with van der Waals surface area (Å²) in [5.41, 5.74) is 7.00. The van der Waals surface area contributed by atoms with Crippen LogP contribution in [0.5, 0.6) is 11.5 Å². The molecule has 0 radical (unpaired) electrons. The first-order valence-electron chi connectivity index (χ1n) is 14.9. The molecule has 0 N–H and O–H groups in total. The molecule has 3 heteroatoms. The van der Waals surface area contributed by atoms with Gasteiger partial charge in [0.15, 0.2) is 11.5 Å². The molecule has 4 aliphatic carbocycles. The number of benzene rings is 1. The summed E-state index contributed by atoms with van der Waals surface area (Å²) in [7, 11) is 0. The van der Waals surface area contributed by atoms with Crippen molar-refractivity contribution in [3.05, 3.63) is 34.4 Å². The van der Waals surface area contributed by atoms with Gasteiger partial charge in [-0.15, -0.1) is 0 Å². The molecule has 6 rings (SSSR count). The first kappa shape index (κ1) is 25.3. The van der Waals surface area contributed by atoms with Gasteiger partial charge in [-0.1, -0.05) is 46.3 Å². The molecule has 3 saturated carbocycles. The molecule has 0 amide bonds. The highest BCUT2D eigenvalue weighted by Gasteiger charge is 2.67. The zero-order chi connectivity index (χ0) is 26.6. The van der Waals surface area contributed by atoms with E-state index in [0.717, 1.165) is 17.9 Å². The van der Waals surface area contributed by atoms with Gasteiger partial charge in [-0.25, -0.2) is 0 Å². The molecule has 1 aromatic carbocycles. The van der Waals surface area contributed by atoms with Crippen molar-refractivity contribution in [3.8, 4) is 17.6 Å². The number of hydrogen-bond donors (Lipinski definition) is 0. The van der Waals surface area contributed by atoms with Gasteiger partial charge in [0.2, 0.25) is 5.79 Å². The highest BCUT2D eigenvalue weighted by atomic mass is 16.7. The van der Waals surface area contributed by atoms with Crippen LogP contribution in [0.25, 0.3) is 0 Å². The lowest BCUT2D eigenvalue weighted by Gasteiger charge is -2.71. The molecule has 6 atom stereocenters. The zero-order valence-corrected chi connectivity index (χ0v) is 24.6. The second-order valence-corrected chi connectivity index (χ2v) is 15.0. The van der Waals surface area contributed by atoms with E-state index >= 15 is 0 Å². The van der Waals surface area contributed by atoms with Gasteiger partial charge < -0.3 is 9.47 Å². The fraction of sp³-hybridized carbons (Fsp3) is 0.735. The van der Waals surface area contributed by atoms with Gasteiger partial charge in [-0.3, -0.25) is 0 Å². The number of nitriles is 1. The van der Waals surface area contributed by atoms with Crippen LogP contribution in [0.3, 0.4) is 0 Å². The van der Waals surface area contributed by atoms with E-state index in [2.05, 4.69) is 59.8 Å². The highest BCUT2D eigenvalue weighted by molar-refractivity contribution is 5.62. The summed E-state index contributed by atoms with van der Waals surface area (Å²) in [5.74, 6) is 1.95. The minimum atomic E-state index is -0.602. The number of ether oxygens (including phenoxy) is 2. The standard InChI is InChI=1S/C34H47NO2/c1-9-34-17-15-32(7)24-20-25-28(37-29(3,4)36-25)22(2)23(24)10-11-26(32)33(34,8)16-14-31(6)13-12-30(5,18-19-35)21-27(31)34/h11,20,27H,9-10,12-18,21H2,1-8H3/t27-,30+,31-,32+,33-,34+/m1/s1. The summed E-state index contributed by atoms with van der Waals surface area (Å²) in [6.07, 6.45) is 14.4. The van der Waals surface area contributed by atoms with Crippen LogP contribution in [-0.4, -0.2) is 5.79 Å². The minimum absolute atomic E-state index is 0.0370. The Kier molecular flexibility index (Phi) is 5.19. The van der Waals surface area contributed by atoms with E-state index in [1.165, 1.54) is 68.1 Å². The first-order valence-corrected chi connectivity index (χ1v) is 14.9. The van der Waals surface area contributed by atoms with Gasteiger partial charge in [0, 0.05) is 25.7 Å². The smallest absolute Gasteiger partial charge is 0.246 e. The van der Waals surface area contributed by atoms with E-state index < -0.39 is 5.79 Å². The largest absolute Gasteiger partial charge is 0.449 e. The van der Waals surface area contributed by atoms with Crippen molar-refractivity contribution in [1.29, 1.82) is 5.26 Å². The maximum Gasteiger partial charge on any atom is 0.246 e. The molecule has 0 spiro atoms. The Labute approximate surface area is 225 Å². The van der Waals surface area contributed by atoms with Gasteiger partial charge in [0.05, 0.1) is 6.07 Å². The number of hydrogen-bond acceptors (Lipinski definition) is 3. The van der Waals surface area contributed by atoms with Crippen LogP contribution in [0.1, 0.15) is 123 Å². The second-order valence-electron chi connectivity index (χ2n) is 15.0. The molecule has 5 aliphatic rings. The number of nitrogens with zero attached hydrogens (tertiary/aromatic N) is 1. The van der Waals surface area contributed by atoms with Gasteiger partial charge in [0.25, 0.3) is 0 Å². The molecule has 0 unspecified atom stereocenters. The van der Waals surface area contributed by atoms with E-state index in [-0.39, 0.29) is 16.2 Å². The van der Waals surface area contributed by atoms with E-state index in [4.69, 9.17) is 9.47 Å². The fourth-order valence-electron chi connectivity index (χ4n) is 10.4. The molecule has 1 aromatic rings. The fourth-order valence-corrected chi connectivity index (χ4v) is 10.4. The van der Waals surface area contributed by atoms with Crippen molar-refractivity contribution in [2.24, 2.45) is 27.6 Å². The molecular formula is C34H47NO2. The van der Waals surface area contributed by atoms with Crippen LogP contribution >= 0.6 is 0 Å². The number of rotatable bonds is 2. The Bertz CT molecular complexity index is 1240. The van der Waals surface area contributed by atoms with Crippen molar-refractivity contribution in [2.75, 3.05) is 0 Å². The third-order valence-corrected chi connectivity index (χ3v) is 12.6. The SMILES string of the molecule is CC[C@@]12CC[C@]3(C)C(=CCc4c3cc3c(c4C)OC(C)(C)O3)[C@@]1(C)CC[C@@]1(C)CC[C@@](C)(CC#N)C[C@H]12. The molecule has 3 nitrogen and oxygen atoms in total. The van der Waals surface area contributed by atoms with Crippen LogP contribution < -0.4 is 9.47 Å². The molecule has 1 aliphatic heterocycles. The molecule has 0 saturated heterocycles. The minimum Gasteiger partial charge on any atom is -0.449 e. The molecule has 0 aromatic heterocycles. The second kappa shape index (κ2) is 7.58. The highest BCUT2D eigenvalue weighted by Crippen LogP contribution is 2.76. The average Bonchev–Trinajstić information content (AvgIpc) is 3.15. The topological polar surface area (TPSA) is 42.2 Å². The summed E-state index contributed by atoms with van der Waals surface area (Å²) in [6.45, 7) is 18.9. The van der Waals surface area contributed by atoms with Crippen molar-refractivity contribution in [1.82, 2.24) is 0 Å². The Morgan fingerprint density at radius 3 is 2.41 bits per heavy atom. The number of fused-ring (bicyclic) bond motifs is 8. The Balaban J connectivity index is 1.46. The average molecular weight is 502 g/mol. The lowest BCUT2D eigenvalue weighted by molar-refractivity contribution is -0.169. The maximum absolute atomic E-state index is 9.67. The van der Waals surface area contributed by atoms with Crippen molar-refractivity contribution < 1.29 is 9.47 Å². The maximum atomic E-state index is 9.67. The van der Waals surface area contributed by atoms with Crippen LogP contribution in [0.4, 0.5) is 0 Å². The van der Waals surface area contributed by atoms with Crippen LogP contribution in [0.15, 0.2) is 17.7 Å². The van der Waals surface area contributed by atoms with Crippen LogP contribution in [0, 0.1) is 45.8 Å². The predicted octanol–water partition coefficient (Wildman–Crippen LogP) is 8.96. The third kappa shape index (κ3) is 3.17. The summed E-state index contributed by atoms with van der Waals surface area (Å²) in [6, 6.07) is 4.90. The molecule has 37 heavy (non-hydrogen) atoms. The first-order chi connectivity index (χ1) is 17.3. The number of allylic oxidation sites excluding steroid dienone is 2. The van der Waals surface area contributed by atoms with Gasteiger partial charge in [-0.05, 0) is 115 Å². The molecule has 3 fully saturated rings. The van der Waals surface area contributed by atoms with Crippen molar-refractivity contribution >= 4 is 0 Å². The summed E-state index contributed by atoms with van der Waals surface area (Å²) >= 11 is 0. The lowest BCUT2D eigenvalue weighted by Crippen LogP contribution is -2.63. The quantitative estimate of drug-likeness (QED) is 0.380. The Hall–Kier alpha value is -1.95. The summed E-state index contributed by atoms with van der Waals surface area (Å²) in [5, 5.41) is 9.67. The monoisotopic (exact) mass is 501 g/mol. The third-order valence-electron chi connectivity index (χ3n) is 12.6. The normalized spacial score (nSPS) is 43.0. The van der Waals surface area contributed by atoms with Gasteiger partial charge in [-0.2, -0.15) is 5.26 Å². The van der Waals surface area contributed by atoms with Gasteiger partial charge >= 0.3 is 0 Å². The predicted molar refractivity (Wildman–Crippen MR) is 149 cm³/mol. The zero-order valence-electron chi connectivity index (χ0n) is 24.6. The van der Waals surface area contributed by atoms with Crippen LogP contribution in [-0.2, 0) is 11.8 Å². The Morgan fingerprint density at radius 2 is 1.70 bits per heavy atom. The van der Waals surface area contributed by atoms with Crippen molar-refractivity contribution in [3.63, 3.8) is 0 Å². The molecule has 1 heterocycles. The van der Waals surface area contributed by atoms with E-state index in [9.17, 15) is 5.26 Å². The molecule has 0 bridgehead atoms. The van der Waals surface area contributed by atoms with Crippen LogP contribution in [0.2, 0.25) is 0 Å². The lowest BCUT2D eigenvalue weighted by atomic mass is 9.33. The molecule has 200 valence electrons. The molecular weight excluding hydrogens is 454 g/mol. The Morgan fingerprint density at radius 1 is 0.973 bits per heavy atom. The van der Waals surface area contributed by atoms with E-state index in [1.54, 1.807) is 5.57 Å². The van der Waals surface area contributed by atoms with Gasteiger partial charge in [0.1, 0.15) is 0 Å². The summed E-state index contributed by atoms with van der Waals surface area (Å²) in [4.78, 5) is 0.